The Balaban J connectivity index is 2.06. The van der Waals surface area contributed by atoms with Crippen molar-refractivity contribution in [1.82, 2.24) is 15.1 Å². The topological polar surface area (TPSA) is 59.0 Å². The van der Waals surface area contributed by atoms with Gasteiger partial charge in [0.25, 0.3) is 0 Å². The predicted molar refractivity (Wildman–Crippen MR) is 79.6 cm³/mol. The number of amides is 2. The van der Waals surface area contributed by atoms with E-state index in [1.165, 1.54) is 0 Å². The molecule has 0 radical (unpaired) electrons. The molecule has 0 spiro atoms. The van der Waals surface area contributed by atoms with Crippen molar-refractivity contribution >= 4 is 11.8 Å². The van der Waals surface area contributed by atoms with Crippen LogP contribution in [-0.4, -0.2) is 15.8 Å². The summed E-state index contributed by atoms with van der Waals surface area (Å²) < 4.78 is 1.64. The first-order valence-corrected chi connectivity index (χ1v) is 6.54. The molecule has 106 valence electrons. The number of nitrogens with zero attached hydrogens (tertiary/aromatic N) is 2. The Labute approximate surface area is 119 Å². The molecule has 0 aliphatic heterocycles. The summed E-state index contributed by atoms with van der Waals surface area (Å²) in [5.41, 5.74) is 1.47. The molecule has 2 amide bonds. The molecule has 0 atom stereocenters. The van der Waals surface area contributed by atoms with E-state index < -0.39 is 5.54 Å². The smallest absolute Gasteiger partial charge is 0.321 e. The van der Waals surface area contributed by atoms with E-state index in [0.717, 1.165) is 11.3 Å². The minimum Gasteiger partial charge on any atom is -0.329 e. The zero-order chi connectivity index (χ0) is 14.8. The SMILES string of the molecule is Cc1cc(NC(=O)NC(C)(C)c2ccccc2)n(C)n1. The number of carbonyl (C=O) groups is 1. The highest BCUT2D eigenvalue weighted by atomic mass is 16.2. The fraction of sp³-hybridized carbons (Fsp3) is 0.333. The van der Waals surface area contributed by atoms with Gasteiger partial charge in [-0.2, -0.15) is 5.10 Å². The molecular weight excluding hydrogens is 252 g/mol. The van der Waals surface area contributed by atoms with E-state index in [4.69, 9.17) is 0 Å². The molecule has 5 heteroatoms. The molecule has 2 N–H and O–H groups in total. The van der Waals surface area contributed by atoms with Crippen LogP contribution >= 0.6 is 0 Å². The Morgan fingerprint density at radius 1 is 1.25 bits per heavy atom. The number of hydrogen-bond donors (Lipinski definition) is 2. The van der Waals surface area contributed by atoms with Gasteiger partial charge in [-0.1, -0.05) is 30.3 Å². The standard InChI is InChI=1S/C15H20N4O/c1-11-10-13(19(4)18-11)16-14(20)17-15(2,3)12-8-6-5-7-9-12/h5-10H,1-4H3,(H2,16,17,20). The number of hydrogen-bond acceptors (Lipinski definition) is 2. The molecule has 0 bridgehead atoms. The maximum absolute atomic E-state index is 12.1. The predicted octanol–water partition coefficient (Wildman–Crippen LogP) is 2.79. The fourth-order valence-corrected chi connectivity index (χ4v) is 2.09. The summed E-state index contributed by atoms with van der Waals surface area (Å²) >= 11 is 0. The number of benzene rings is 1. The van der Waals surface area contributed by atoms with E-state index in [1.54, 1.807) is 11.7 Å². The van der Waals surface area contributed by atoms with Crippen molar-refractivity contribution in [1.29, 1.82) is 0 Å². The van der Waals surface area contributed by atoms with Crippen molar-refractivity contribution in [3.8, 4) is 0 Å². The number of rotatable bonds is 3. The van der Waals surface area contributed by atoms with Gasteiger partial charge in [0.1, 0.15) is 5.82 Å². The van der Waals surface area contributed by atoms with Gasteiger partial charge in [0.2, 0.25) is 0 Å². The molecule has 2 aromatic rings. The van der Waals surface area contributed by atoms with E-state index in [1.807, 2.05) is 57.2 Å². The first kappa shape index (κ1) is 14.1. The Hall–Kier alpha value is -2.30. The largest absolute Gasteiger partial charge is 0.329 e. The maximum Gasteiger partial charge on any atom is 0.321 e. The van der Waals surface area contributed by atoms with E-state index in [2.05, 4.69) is 15.7 Å². The van der Waals surface area contributed by atoms with Gasteiger partial charge in [-0.3, -0.25) is 10.00 Å². The molecule has 0 aliphatic carbocycles. The molecule has 0 saturated carbocycles. The van der Waals surface area contributed by atoms with Gasteiger partial charge in [-0.05, 0) is 26.3 Å². The highest BCUT2D eigenvalue weighted by molar-refractivity contribution is 5.89. The average Bonchev–Trinajstić information content (AvgIpc) is 2.68. The zero-order valence-electron chi connectivity index (χ0n) is 12.3. The van der Waals surface area contributed by atoms with Crippen molar-refractivity contribution in [2.24, 2.45) is 7.05 Å². The summed E-state index contributed by atoms with van der Waals surface area (Å²) in [5, 5.41) is 9.97. The third-order valence-corrected chi connectivity index (χ3v) is 3.17. The van der Waals surface area contributed by atoms with Crippen LogP contribution in [0.5, 0.6) is 0 Å². The monoisotopic (exact) mass is 272 g/mol. The van der Waals surface area contributed by atoms with Crippen molar-refractivity contribution in [2.45, 2.75) is 26.3 Å². The second-order valence-electron chi connectivity index (χ2n) is 5.36. The van der Waals surface area contributed by atoms with Crippen LogP contribution in [-0.2, 0) is 12.6 Å². The number of aryl methyl sites for hydroxylation is 2. The van der Waals surface area contributed by atoms with E-state index in [-0.39, 0.29) is 6.03 Å². The van der Waals surface area contributed by atoms with Gasteiger partial charge >= 0.3 is 6.03 Å². The zero-order valence-corrected chi connectivity index (χ0v) is 12.3. The Kier molecular flexibility index (Phi) is 3.79. The molecule has 0 unspecified atom stereocenters. The van der Waals surface area contributed by atoms with Gasteiger partial charge in [0, 0.05) is 13.1 Å². The molecular formula is C15H20N4O. The third-order valence-electron chi connectivity index (χ3n) is 3.17. The second kappa shape index (κ2) is 5.36. The summed E-state index contributed by atoms with van der Waals surface area (Å²) in [7, 11) is 1.80. The van der Waals surface area contributed by atoms with Crippen LogP contribution < -0.4 is 10.6 Å². The fourth-order valence-electron chi connectivity index (χ4n) is 2.09. The van der Waals surface area contributed by atoms with Gasteiger partial charge in [0.15, 0.2) is 0 Å². The molecule has 2 rings (SSSR count). The summed E-state index contributed by atoms with van der Waals surface area (Å²) in [6, 6.07) is 11.4. The minimum atomic E-state index is -0.445. The van der Waals surface area contributed by atoms with Gasteiger partial charge in [-0.25, -0.2) is 4.79 Å². The highest BCUT2D eigenvalue weighted by Gasteiger charge is 2.22. The van der Waals surface area contributed by atoms with E-state index in [0.29, 0.717) is 5.82 Å². The molecule has 1 aromatic heterocycles. The first-order chi connectivity index (χ1) is 9.38. The Morgan fingerprint density at radius 3 is 2.45 bits per heavy atom. The van der Waals surface area contributed by atoms with Crippen LogP contribution in [0.4, 0.5) is 10.6 Å². The third kappa shape index (κ3) is 3.17. The lowest BCUT2D eigenvalue weighted by Crippen LogP contribution is -2.43. The van der Waals surface area contributed by atoms with Gasteiger partial charge < -0.3 is 5.32 Å². The number of anilines is 1. The van der Waals surface area contributed by atoms with Crippen molar-refractivity contribution in [3.63, 3.8) is 0 Å². The Morgan fingerprint density at radius 2 is 1.90 bits per heavy atom. The summed E-state index contributed by atoms with van der Waals surface area (Å²) in [6.45, 7) is 5.82. The molecule has 1 heterocycles. The average molecular weight is 272 g/mol. The molecule has 0 aliphatic rings. The highest BCUT2D eigenvalue weighted by Crippen LogP contribution is 2.19. The number of aromatic nitrogens is 2. The quantitative estimate of drug-likeness (QED) is 0.902. The summed E-state index contributed by atoms with van der Waals surface area (Å²) in [5.74, 6) is 0.670. The van der Waals surface area contributed by atoms with Crippen molar-refractivity contribution in [2.75, 3.05) is 5.32 Å². The second-order valence-corrected chi connectivity index (χ2v) is 5.36. The van der Waals surface area contributed by atoms with E-state index >= 15 is 0 Å². The summed E-state index contributed by atoms with van der Waals surface area (Å²) in [4.78, 5) is 12.1. The van der Waals surface area contributed by atoms with Gasteiger partial charge in [0.05, 0.1) is 11.2 Å². The molecule has 20 heavy (non-hydrogen) atoms. The van der Waals surface area contributed by atoms with Gasteiger partial charge in [-0.15, -0.1) is 0 Å². The molecule has 0 fully saturated rings. The molecule has 5 nitrogen and oxygen atoms in total. The minimum absolute atomic E-state index is 0.248. The number of urea groups is 1. The maximum atomic E-state index is 12.1. The summed E-state index contributed by atoms with van der Waals surface area (Å²) in [6.07, 6.45) is 0. The molecule has 1 aromatic carbocycles. The lowest BCUT2D eigenvalue weighted by Gasteiger charge is -2.27. The van der Waals surface area contributed by atoms with Crippen LogP contribution in [0.2, 0.25) is 0 Å². The van der Waals surface area contributed by atoms with Crippen molar-refractivity contribution < 1.29 is 4.79 Å². The van der Waals surface area contributed by atoms with Crippen LogP contribution in [0.25, 0.3) is 0 Å². The first-order valence-electron chi connectivity index (χ1n) is 6.54. The molecule has 0 saturated heterocycles. The number of nitrogens with one attached hydrogen (secondary N) is 2. The van der Waals surface area contributed by atoms with E-state index in [9.17, 15) is 4.79 Å². The van der Waals surface area contributed by atoms with Crippen LogP contribution in [0.15, 0.2) is 36.4 Å². The lowest BCUT2D eigenvalue weighted by molar-refractivity contribution is 0.241. The van der Waals surface area contributed by atoms with Crippen molar-refractivity contribution in [3.05, 3.63) is 47.7 Å². The van der Waals surface area contributed by atoms with Crippen LogP contribution in [0.1, 0.15) is 25.1 Å². The van der Waals surface area contributed by atoms with Crippen LogP contribution in [0.3, 0.4) is 0 Å². The lowest BCUT2D eigenvalue weighted by atomic mass is 9.95. The van der Waals surface area contributed by atoms with Crippen LogP contribution in [0, 0.1) is 6.92 Å². The number of carbonyl (C=O) groups excluding carboxylic acids is 1. The Bertz CT molecular complexity index is 602. The normalized spacial score (nSPS) is 11.2.